The molecule has 5 nitrogen and oxygen atoms in total. The van der Waals surface area contributed by atoms with E-state index in [1.165, 1.54) is 12.8 Å². The summed E-state index contributed by atoms with van der Waals surface area (Å²) in [6.07, 6.45) is 2.39. The molecule has 1 aliphatic heterocycles. The molecule has 110 valence electrons. The second-order valence-corrected chi connectivity index (χ2v) is 5.98. The predicted molar refractivity (Wildman–Crippen MR) is 84.3 cm³/mol. The van der Waals surface area contributed by atoms with E-state index in [0.29, 0.717) is 5.92 Å². The van der Waals surface area contributed by atoms with Crippen LogP contribution in [0, 0.1) is 16.0 Å². The number of nitro benzene ring substituents is 1. The fraction of sp³-hybridized carbons (Fsp3) is 0.571. The lowest BCUT2D eigenvalue weighted by Crippen LogP contribution is -2.36. The summed E-state index contributed by atoms with van der Waals surface area (Å²) in [5.74, 6) is 0.693. The van der Waals surface area contributed by atoms with Crippen LogP contribution in [0.4, 0.5) is 11.4 Å². The highest BCUT2D eigenvalue weighted by Gasteiger charge is 2.19. The molecule has 0 saturated carbocycles. The van der Waals surface area contributed by atoms with Crippen LogP contribution in [-0.2, 0) is 0 Å². The number of nitrogens with zero attached hydrogens (tertiary/aromatic N) is 2. The molecule has 1 aromatic rings. The molecule has 0 radical (unpaired) electrons. The number of hydrogen-bond acceptors (Lipinski definition) is 4. The van der Waals surface area contributed by atoms with E-state index in [4.69, 9.17) is 0 Å². The first-order valence-electron chi connectivity index (χ1n) is 7.01. The van der Waals surface area contributed by atoms with Crippen LogP contribution < -0.4 is 10.2 Å². The monoisotopic (exact) mass is 341 g/mol. The summed E-state index contributed by atoms with van der Waals surface area (Å²) in [5.41, 5.74) is 1.16. The fourth-order valence-electron chi connectivity index (χ4n) is 2.64. The smallest absolute Gasteiger partial charge is 0.270 e. The van der Waals surface area contributed by atoms with Crippen LogP contribution in [0.15, 0.2) is 22.7 Å². The van der Waals surface area contributed by atoms with Crippen LogP contribution in [0.2, 0.25) is 0 Å². The van der Waals surface area contributed by atoms with Crippen LogP contribution in [0.25, 0.3) is 0 Å². The summed E-state index contributed by atoms with van der Waals surface area (Å²) in [5, 5.41) is 14.2. The van der Waals surface area contributed by atoms with Crippen molar-refractivity contribution >= 4 is 27.3 Å². The van der Waals surface area contributed by atoms with Crippen molar-refractivity contribution in [3.8, 4) is 0 Å². The van der Waals surface area contributed by atoms with Gasteiger partial charge >= 0.3 is 0 Å². The highest BCUT2D eigenvalue weighted by Crippen LogP contribution is 2.31. The number of halogens is 1. The maximum absolute atomic E-state index is 10.8. The fourth-order valence-corrected chi connectivity index (χ4v) is 3.26. The standard InChI is InChI=1S/C14H20BrN3O2/c1-2-17(10-11-5-7-16-8-6-11)14-4-3-12(18(19)20)9-13(14)15/h3-4,9,11,16H,2,5-8,10H2,1H3. The highest BCUT2D eigenvalue weighted by atomic mass is 79.9. The molecule has 0 atom stereocenters. The van der Waals surface area contributed by atoms with Gasteiger partial charge in [0.2, 0.25) is 0 Å². The number of anilines is 1. The van der Waals surface area contributed by atoms with Crippen molar-refractivity contribution in [2.45, 2.75) is 19.8 Å². The van der Waals surface area contributed by atoms with Crippen molar-refractivity contribution in [1.82, 2.24) is 5.32 Å². The number of non-ortho nitro benzene ring substituents is 1. The quantitative estimate of drug-likeness (QED) is 0.660. The lowest BCUT2D eigenvalue weighted by Gasteiger charge is -2.31. The Bertz CT molecular complexity index is 475. The van der Waals surface area contributed by atoms with Gasteiger partial charge in [-0.2, -0.15) is 0 Å². The van der Waals surface area contributed by atoms with Crippen LogP contribution in [-0.4, -0.2) is 31.1 Å². The number of hydrogen-bond donors (Lipinski definition) is 1. The molecule has 1 fully saturated rings. The van der Waals surface area contributed by atoms with Crippen molar-refractivity contribution in [2.75, 3.05) is 31.1 Å². The SMILES string of the molecule is CCN(CC1CCNCC1)c1ccc([N+](=O)[O-])cc1Br. The molecule has 0 aliphatic carbocycles. The number of rotatable bonds is 5. The van der Waals surface area contributed by atoms with E-state index < -0.39 is 0 Å². The van der Waals surface area contributed by atoms with Crippen LogP contribution in [0.5, 0.6) is 0 Å². The van der Waals surface area contributed by atoms with E-state index in [9.17, 15) is 10.1 Å². The van der Waals surface area contributed by atoms with Gasteiger partial charge in [0.15, 0.2) is 0 Å². The maximum atomic E-state index is 10.8. The van der Waals surface area contributed by atoms with Gasteiger partial charge in [-0.25, -0.2) is 0 Å². The van der Waals surface area contributed by atoms with Gasteiger partial charge in [-0.05, 0) is 60.8 Å². The number of nitro groups is 1. The Morgan fingerprint density at radius 1 is 1.45 bits per heavy atom. The summed E-state index contributed by atoms with van der Waals surface area (Å²) in [6.45, 7) is 6.21. The third-order valence-corrected chi connectivity index (χ3v) is 4.44. The number of nitrogens with one attached hydrogen (secondary N) is 1. The first-order valence-corrected chi connectivity index (χ1v) is 7.80. The zero-order valence-corrected chi connectivity index (χ0v) is 13.2. The van der Waals surface area contributed by atoms with Gasteiger partial charge < -0.3 is 10.2 Å². The summed E-state index contributed by atoms with van der Waals surface area (Å²) >= 11 is 3.46. The van der Waals surface area contributed by atoms with Gasteiger partial charge in [0, 0.05) is 29.7 Å². The van der Waals surface area contributed by atoms with E-state index >= 15 is 0 Å². The highest BCUT2D eigenvalue weighted by molar-refractivity contribution is 9.10. The normalized spacial score (nSPS) is 16.1. The van der Waals surface area contributed by atoms with Crippen LogP contribution in [0.1, 0.15) is 19.8 Å². The lowest BCUT2D eigenvalue weighted by molar-refractivity contribution is -0.384. The predicted octanol–water partition coefficient (Wildman–Crippen LogP) is 3.18. The molecule has 0 unspecified atom stereocenters. The second kappa shape index (κ2) is 7.04. The van der Waals surface area contributed by atoms with Crippen molar-refractivity contribution in [1.29, 1.82) is 0 Å². The van der Waals surface area contributed by atoms with E-state index in [1.807, 2.05) is 6.07 Å². The zero-order chi connectivity index (χ0) is 14.5. The van der Waals surface area contributed by atoms with E-state index in [0.717, 1.165) is 36.3 Å². The zero-order valence-electron chi connectivity index (χ0n) is 11.6. The van der Waals surface area contributed by atoms with E-state index in [2.05, 4.69) is 33.1 Å². The number of piperidine rings is 1. The summed E-state index contributed by atoms with van der Waals surface area (Å²) in [6, 6.07) is 5.00. The maximum Gasteiger partial charge on any atom is 0.270 e. The van der Waals surface area contributed by atoms with Crippen molar-refractivity contribution in [3.05, 3.63) is 32.8 Å². The van der Waals surface area contributed by atoms with Gasteiger partial charge in [0.1, 0.15) is 0 Å². The van der Waals surface area contributed by atoms with Gasteiger partial charge in [-0.3, -0.25) is 10.1 Å². The molecule has 0 aromatic heterocycles. The third kappa shape index (κ3) is 3.70. The summed E-state index contributed by atoms with van der Waals surface area (Å²) in [7, 11) is 0. The van der Waals surface area contributed by atoms with Gasteiger partial charge in [-0.1, -0.05) is 0 Å². The molecule has 20 heavy (non-hydrogen) atoms. The summed E-state index contributed by atoms with van der Waals surface area (Å²) < 4.78 is 0.794. The van der Waals surface area contributed by atoms with E-state index in [-0.39, 0.29) is 10.6 Å². The van der Waals surface area contributed by atoms with Gasteiger partial charge in [0.05, 0.1) is 10.6 Å². The van der Waals surface area contributed by atoms with Crippen molar-refractivity contribution in [2.24, 2.45) is 5.92 Å². The van der Waals surface area contributed by atoms with Crippen LogP contribution in [0.3, 0.4) is 0 Å². The topological polar surface area (TPSA) is 58.4 Å². The van der Waals surface area contributed by atoms with Crippen molar-refractivity contribution < 1.29 is 4.92 Å². The first kappa shape index (κ1) is 15.3. The first-order chi connectivity index (χ1) is 9.61. The second-order valence-electron chi connectivity index (χ2n) is 5.12. The van der Waals surface area contributed by atoms with Crippen molar-refractivity contribution in [3.63, 3.8) is 0 Å². The average Bonchev–Trinajstić information content (AvgIpc) is 2.46. The van der Waals surface area contributed by atoms with E-state index in [1.54, 1.807) is 12.1 Å². The molecule has 1 aromatic carbocycles. The lowest BCUT2D eigenvalue weighted by atomic mass is 9.97. The molecule has 2 rings (SSSR count). The molecule has 1 N–H and O–H groups in total. The Morgan fingerprint density at radius 2 is 2.15 bits per heavy atom. The van der Waals surface area contributed by atoms with Gasteiger partial charge in [-0.15, -0.1) is 0 Å². The minimum absolute atomic E-state index is 0.124. The Hall–Kier alpha value is -1.14. The molecular formula is C14H20BrN3O2. The molecule has 0 bridgehead atoms. The largest absolute Gasteiger partial charge is 0.371 e. The molecule has 1 saturated heterocycles. The average molecular weight is 342 g/mol. The molecule has 1 heterocycles. The Kier molecular flexibility index (Phi) is 5.37. The Morgan fingerprint density at radius 3 is 2.70 bits per heavy atom. The summed E-state index contributed by atoms with van der Waals surface area (Å²) in [4.78, 5) is 12.7. The molecule has 1 aliphatic rings. The third-order valence-electron chi connectivity index (χ3n) is 3.80. The number of benzene rings is 1. The minimum Gasteiger partial charge on any atom is -0.371 e. The van der Waals surface area contributed by atoms with Gasteiger partial charge in [0.25, 0.3) is 5.69 Å². The van der Waals surface area contributed by atoms with Crippen LogP contribution >= 0.6 is 15.9 Å². The minimum atomic E-state index is -0.363. The molecule has 0 spiro atoms. The molecular weight excluding hydrogens is 322 g/mol. The molecule has 0 amide bonds. The molecule has 6 heteroatoms. The Labute approximate surface area is 127 Å². The Balaban J connectivity index is 2.12.